The van der Waals surface area contributed by atoms with Crippen LogP contribution in [0.15, 0.2) is 70.6 Å². The molecule has 3 heteroatoms. The van der Waals surface area contributed by atoms with Gasteiger partial charge < -0.3 is 0 Å². The molecule has 2 aromatic rings. The van der Waals surface area contributed by atoms with E-state index >= 15 is 0 Å². The van der Waals surface area contributed by atoms with Gasteiger partial charge in [0.25, 0.3) is 0 Å². The molecule has 0 heterocycles. The van der Waals surface area contributed by atoms with E-state index in [1.807, 2.05) is 67.6 Å². The summed E-state index contributed by atoms with van der Waals surface area (Å²) in [4.78, 5) is 8.81. The Kier molecular flexibility index (Phi) is 4.56. The fraction of sp³-hybridized carbons (Fsp3) is 0.118. The first-order valence-corrected chi connectivity index (χ1v) is 6.47. The van der Waals surface area contributed by atoms with Gasteiger partial charge in [0.15, 0.2) is 5.84 Å². The van der Waals surface area contributed by atoms with Crippen molar-refractivity contribution >= 4 is 17.4 Å². The zero-order chi connectivity index (χ0) is 14.4. The fourth-order valence-electron chi connectivity index (χ4n) is 1.80. The Balaban J connectivity index is 2.42. The SMILES string of the molecule is CC(=N)/N=C(\N=C(/C)c1ccccc1)c1ccccc1. The van der Waals surface area contributed by atoms with Crippen LogP contribution in [0.2, 0.25) is 0 Å². The van der Waals surface area contributed by atoms with E-state index in [4.69, 9.17) is 5.41 Å². The smallest absolute Gasteiger partial charge is 0.161 e. The van der Waals surface area contributed by atoms with Crippen molar-refractivity contribution in [3.63, 3.8) is 0 Å². The summed E-state index contributed by atoms with van der Waals surface area (Å²) in [6.45, 7) is 3.60. The van der Waals surface area contributed by atoms with Crippen LogP contribution in [0.1, 0.15) is 25.0 Å². The molecule has 0 aromatic heterocycles. The molecule has 0 aliphatic carbocycles. The van der Waals surface area contributed by atoms with Gasteiger partial charge in [-0.3, -0.25) is 5.41 Å². The summed E-state index contributed by atoms with van der Waals surface area (Å²) >= 11 is 0. The summed E-state index contributed by atoms with van der Waals surface area (Å²) in [6, 6.07) is 19.7. The summed E-state index contributed by atoms with van der Waals surface area (Å²) in [6.07, 6.45) is 0. The van der Waals surface area contributed by atoms with Crippen LogP contribution in [0.25, 0.3) is 0 Å². The summed E-state index contributed by atoms with van der Waals surface area (Å²) in [5, 5.41) is 7.57. The number of hydrogen-bond acceptors (Lipinski definition) is 1. The molecule has 0 bridgehead atoms. The molecule has 3 nitrogen and oxygen atoms in total. The lowest BCUT2D eigenvalue weighted by molar-refractivity contribution is 1.38. The molecule has 0 unspecified atom stereocenters. The standard InChI is InChI=1S/C17H17N3/c1-13(15-9-5-3-6-10-15)19-17(20-14(2)18)16-11-7-4-8-12-16/h3-12,18H,1-2H3/b18-14?,19-13+,20-17-. The lowest BCUT2D eigenvalue weighted by Gasteiger charge is -2.04. The maximum atomic E-state index is 7.57. The van der Waals surface area contributed by atoms with Gasteiger partial charge in [-0.25, -0.2) is 9.98 Å². The fourth-order valence-corrected chi connectivity index (χ4v) is 1.80. The van der Waals surface area contributed by atoms with Gasteiger partial charge in [0.05, 0.1) is 0 Å². The summed E-state index contributed by atoms with van der Waals surface area (Å²) in [7, 11) is 0. The van der Waals surface area contributed by atoms with E-state index in [1.165, 1.54) is 0 Å². The van der Waals surface area contributed by atoms with Crippen LogP contribution in [0.5, 0.6) is 0 Å². The van der Waals surface area contributed by atoms with Crippen LogP contribution >= 0.6 is 0 Å². The molecule has 0 fully saturated rings. The second-order valence-corrected chi connectivity index (χ2v) is 4.45. The van der Waals surface area contributed by atoms with Gasteiger partial charge in [0.1, 0.15) is 5.84 Å². The third kappa shape index (κ3) is 3.72. The molecular weight excluding hydrogens is 246 g/mol. The quantitative estimate of drug-likeness (QED) is 0.630. The number of nitrogens with zero attached hydrogens (tertiary/aromatic N) is 2. The normalized spacial score (nSPS) is 12.3. The first kappa shape index (κ1) is 13.9. The van der Waals surface area contributed by atoms with Crippen molar-refractivity contribution in [3.05, 3.63) is 71.8 Å². The molecule has 2 aromatic carbocycles. The minimum atomic E-state index is 0.244. The molecule has 0 saturated heterocycles. The van der Waals surface area contributed by atoms with Gasteiger partial charge >= 0.3 is 0 Å². The van der Waals surface area contributed by atoms with E-state index in [2.05, 4.69) is 9.98 Å². The molecule has 1 N–H and O–H groups in total. The minimum Gasteiger partial charge on any atom is -0.287 e. The lowest BCUT2D eigenvalue weighted by Crippen LogP contribution is -2.05. The van der Waals surface area contributed by atoms with Crippen molar-refractivity contribution < 1.29 is 0 Å². The van der Waals surface area contributed by atoms with E-state index < -0.39 is 0 Å². The Labute approximate surface area is 119 Å². The average Bonchev–Trinajstić information content (AvgIpc) is 2.48. The molecule has 0 aliphatic rings. The molecule has 20 heavy (non-hydrogen) atoms. The molecule has 100 valence electrons. The molecular formula is C17H17N3. The first-order chi connectivity index (χ1) is 9.66. The molecule has 0 saturated carbocycles. The average molecular weight is 263 g/mol. The van der Waals surface area contributed by atoms with Gasteiger partial charge in [0.2, 0.25) is 0 Å². The van der Waals surface area contributed by atoms with Crippen molar-refractivity contribution in [2.75, 3.05) is 0 Å². The summed E-state index contributed by atoms with van der Waals surface area (Å²) in [5.41, 5.74) is 2.85. The van der Waals surface area contributed by atoms with E-state index in [0.29, 0.717) is 5.84 Å². The second kappa shape index (κ2) is 6.57. The third-order valence-corrected chi connectivity index (χ3v) is 2.77. The highest BCUT2D eigenvalue weighted by Crippen LogP contribution is 2.07. The predicted molar refractivity (Wildman–Crippen MR) is 85.0 cm³/mol. The first-order valence-electron chi connectivity index (χ1n) is 6.47. The zero-order valence-corrected chi connectivity index (χ0v) is 11.7. The van der Waals surface area contributed by atoms with Crippen LogP contribution < -0.4 is 0 Å². The van der Waals surface area contributed by atoms with Crippen LogP contribution in [0.4, 0.5) is 0 Å². The zero-order valence-electron chi connectivity index (χ0n) is 11.7. The van der Waals surface area contributed by atoms with Crippen LogP contribution in [0, 0.1) is 5.41 Å². The van der Waals surface area contributed by atoms with E-state index in [9.17, 15) is 0 Å². The monoisotopic (exact) mass is 263 g/mol. The van der Waals surface area contributed by atoms with Crippen molar-refractivity contribution in [3.8, 4) is 0 Å². The Bertz CT molecular complexity index is 640. The number of nitrogens with one attached hydrogen (secondary N) is 1. The molecule has 0 atom stereocenters. The van der Waals surface area contributed by atoms with Crippen molar-refractivity contribution in [1.82, 2.24) is 0 Å². The number of amidine groups is 2. The molecule has 0 radical (unpaired) electrons. The Hall–Kier alpha value is -2.55. The molecule has 0 amide bonds. The highest BCUT2D eigenvalue weighted by Gasteiger charge is 2.04. The van der Waals surface area contributed by atoms with E-state index in [1.54, 1.807) is 6.92 Å². The Morgan fingerprint density at radius 3 is 1.75 bits per heavy atom. The van der Waals surface area contributed by atoms with E-state index in [0.717, 1.165) is 16.8 Å². The number of benzene rings is 2. The van der Waals surface area contributed by atoms with Crippen LogP contribution in [0.3, 0.4) is 0 Å². The number of aliphatic imine (C=N–C) groups is 2. The highest BCUT2D eigenvalue weighted by molar-refractivity contribution is 6.14. The topological polar surface area (TPSA) is 48.6 Å². The Morgan fingerprint density at radius 1 is 0.750 bits per heavy atom. The third-order valence-electron chi connectivity index (χ3n) is 2.77. The Morgan fingerprint density at radius 2 is 1.25 bits per heavy atom. The number of rotatable bonds is 2. The molecule has 2 rings (SSSR count). The molecule has 0 spiro atoms. The minimum absolute atomic E-state index is 0.244. The van der Waals surface area contributed by atoms with E-state index in [-0.39, 0.29) is 5.84 Å². The van der Waals surface area contributed by atoms with Gasteiger partial charge in [-0.2, -0.15) is 0 Å². The summed E-state index contributed by atoms with van der Waals surface area (Å²) < 4.78 is 0. The highest BCUT2D eigenvalue weighted by atomic mass is 14.9. The van der Waals surface area contributed by atoms with Gasteiger partial charge in [-0.05, 0) is 19.4 Å². The molecule has 0 aliphatic heterocycles. The van der Waals surface area contributed by atoms with Crippen molar-refractivity contribution in [2.45, 2.75) is 13.8 Å². The van der Waals surface area contributed by atoms with Crippen molar-refractivity contribution in [2.24, 2.45) is 9.98 Å². The van der Waals surface area contributed by atoms with Crippen LogP contribution in [-0.4, -0.2) is 17.4 Å². The maximum absolute atomic E-state index is 7.57. The number of hydrogen-bond donors (Lipinski definition) is 1. The summed E-state index contributed by atoms with van der Waals surface area (Å²) in [5.74, 6) is 0.813. The van der Waals surface area contributed by atoms with Gasteiger partial charge in [-0.15, -0.1) is 0 Å². The largest absolute Gasteiger partial charge is 0.287 e. The lowest BCUT2D eigenvalue weighted by atomic mass is 10.1. The van der Waals surface area contributed by atoms with Gasteiger partial charge in [-0.1, -0.05) is 60.7 Å². The van der Waals surface area contributed by atoms with Crippen molar-refractivity contribution in [1.29, 1.82) is 5.41 Å². The maximum Gasteiger partial charge on any atom is 0.161 e. The van der Waals surface area contributed by atoms with Crippen LogP contribution in [-0.2, 0) is 0 Å². The second-order valence-electron chi connectivity index (χ2n) is 4.45. The van der Waals surface area contributed by atoms with Gasteiger partial charge in [0, 0.05) is 11.3 Å². The predicted octanol–water partition coefficient (Wildman–Crippen LogP) is 3.94.